The van der Waals surface area contributed by atoms with Gasteiger partial charge in [0.15, 0.2) is 5.78 Å². The average molecular weight is 305 g/mol. The van der Waals surface area contributed by atoms with Gasteiger partial charge < -0.3 is 10.2 Å². The highest BCUT2D eigenvalue weighted by molar-refractivity contribution is 6.37. The number of hydrogen-bond acceptors (Lipinski definition) is 3. The zero-order valence-electron chi connectivity index (χ0n) is 11.0. The Hall–Kier alpha value is -2.17. The van der Waals surface area contributed by atoms with Crippen LogP contribution >= 0.6 is 11.6 Å². The highest BCUT2D eigenvalue weighted by Crippen LogP contribution is 2.27. The van der Waals surface area contributed by atoms with Gasteiger partial charge in [-0.2, -0.15) is 0 Å². The minimum atomic E-state index is -1.20. The van der Waals surface area contributed by atoms with Crippen molar-refractivity contribution in [2.75, 3.05) is 6.61 Å². The fourth-order valence-corrected chi connectivity index (χ4v) is 2.40. The van der Waals surface area contributed by atoms with Gasteiger partial charge in [-0.05, 0) is 17.7 Å². The minimum Gasteiger partial charge on any atom is -0.478 e. The van der Waals surface area contributed by atoms with E-state index >= 15 is 0 Å². The molecule has 0 amide bonds. The van der Waals surface area contributed by atoms with Gasteiger partial charge in [0.25, 0.3) is 0 Å². The van der Waals surface area contributed by atoms with Crippen molar-refractivity contribution in [2.45, 2.75) is 5.92 Å². The van der Waals surface area contributed by atoms with Crippen LogP contribution in [-0.2, 0) is 0 Å². The third-order valence-electron chi connectivity index (χ3n) is 3.20. The van der Waals surface area contributed by atoms with Gasteiger partial charge in [-0.1, -0.05) is 48.0 Å². The first-order chi connectivity index (χ1) is 10.1. The van der Waals surface area contributed by atoms with Gasteiger partial charge in [-0.25, -0.2) is 4.79 Å². The number of rotatable bonds is 5. The first kappa shape index (κ1) is 15.2. The molecule has 4 nitrogen and oxygen atoms in total. The molecule has 2 aromatic rings. The SMILES string of the molecule is O=C(O)c1cccc(C(=O)C(CO)c2ccccc2)c1Cl. The van der Waals surface area contributed by atoms with Gasteiger partial charge >= 0.3 is 5.97 Å². The zero-order valence-corrected chi connectivity index (χ0v) is 11.7. The lowest BCUT2D eigenvalue weighted by Gasteiger charge is -2.15. The molecule has 5 heteroatoms. The Kier molecular flexibility index (Phi) is 4.73. The van der Waals surface area contributed by atoms with Crippen molar-refractivity contribution in [1.82, 2.24) is 0 Å². The van der Waals surface area contributed by atoms with Gasteiger partial charge in [-0.15, -0.1) is 0 Å². The molecule has 2 rings (SSSR count). The van der Waals surface area contributed by atoms with E-state index in [-0.39, 0.29) is 22.8 Å². The summed E-state index contributed by atoms with van der Waals surface area (Å²) in [6.07, 6.45) is 0. The van der Waals surface area contributed by atoms with E-state index in [1.165, 1.54) is 18.2 Å². The van der Waals surface area contributed by atoms with Crippen molar-refractivity contribution in [3.05, 3.63) is 70.2 Å². The molecule has 0 bridgehead atoms. The van der Waals surface area contributed by atoms with Gasteiger partial charge in [0, 0.05) is 5.56 Å². The lowest BCUT2D eigenvalue weighted by molar-refractivity contribution is 0.0697. The maximum Gasteiger partial charge on any atom is 0.337 e. The van der Waals surface area contributed by atoms with Crippen LogP contribution in [0.5, 0.6) is 0 Å². The summed E-state index contributed by atoms with van der Waals surface area (Å²) in [5.74, 6) is -2.38. The highest BCUT2D eigenvalue weighted by atomic mass is 35.5. The first-order valence-corrected chi connectivity index (χ1v) is 6.66. The number of aromatic carboxylic acids is 1. The summed E-state index contributed by atoms with van der Waals surface area (Å²) in [5.41, 5.74) is 0.619. The molecule has 0 aliphatic carbocycles. The van der Waals surface area contributed by atoms with Gasteiger partial charge in [-0.3, -0.25) is 4.79 Å². The Labute approximate surface area is 126 Å². The van der Waals surface area contributed by atoms with Crippen LogP contribution in [0.25, 0.3) is 0 Å². The molecule has 0 heterocycles. The second-order valence-corrected chi connectivity index (χ2v) is 4.86. The number of aliphatic hydroxyl groups is 1. The molecule has 2 aromatic carbocycles. The molecule has 0 aliphatic rings. The molecule has 0 radical (unpaired) electrons. The van der Waals surface area contributed by atoms with Crippen molar-refractivity contribution in [1.29, 1.82) is 0 Å². The van der Waals surface area contributed by atoms with Crippen LogP contribution in [0.2, 0.25) is 5.02 Å². The Morgan fingerprint density at radius 2 is 1.62 bits per heavy atom. The normalized spacial score (nSPS) is 11.9. The van der Waals surface area contributed by atoms with Crippen LogP contribution < -0.4 is 0 Å². The summed E-state index contributed by atoms with van der Waals surface area (Å²) in [5, 5.41) is 18.4. The molecule has 0 fully saturated rings. The number of ketones is 1. The summed E-state index contributed by atoms with van der Waals surface area (Å²) in [7, 11) is 0. The monoisotopic (exact) mass is 304 g/mol. The van der Waals surface area contributed by atoms with Crippen molar-refractivity contribution in [3.8, 4) is 0 Å². The number of carboxylic acid groups (broad SMARTS) is 1. The number of Topliss-reactive ketones (excluding diaryl/α,β-unsaturated/α-hetero) is 1. The number of carbonyl (C=O) groups is 2. The highest BCUT2D eigenvalue weighted by Gasteiger charge is 2.25. The van der Waals surface area contributed by atoms with Crippen LogP contribution in [0.3, 0.4) is 0 Å². The fraction of sp³-hybridized carbons (Fsp3) is 0.125. The van der Waals surface area contributed by atoms with E-state index in [2.05, 4.69) is 0 Å². The van der Waals surface area contributed by atoms with Crippen LogP contribution in [0.1, 0.15) is 32.2 Å². The second kappa shape index (κ2) is 6.52. The molecule has 108 valence electrons. The van der Waals surface area contributed by atoms with Crippen LogP contribution in [0.15, 0.2) is 48.5 Å². The summed E-state index contributed by atoms with van der Waals surface area (Å²) in [6.45, 7) is -0.378. The largest absolute Gasteiger partial charge is 0.478 e. The maximum absolute atomic E-state index is 12.5. The molecule has 1 atom stereocenters. The van der Waals surface area contributed by atoms with Gasteiger partial charge in [0.2, 0.25) is 0 Å². The van der Waals surface area contributed by atoms with Gasteiger partial charge in [0.1, 0.15) is 0 Å². The molecule has 2 N–H and O–H groups in total. The predicted molar refractivity (Wildman–Crippen MR) is 79.0 cm³/mol. The lowest BCUT2D eigenvalue weighted by atomic mass is 9.90. The minimum absolute atomic E-state index is 0.0967. The summed E-state index contributed by atoms with van der Waals surface area (Å²) in [6, 6.07) is 13.0. The Morgan fingerprint density at radius 3 is 2.19 bits per heavy atom. The first-order valence-electron chi connectivity index (χ1n) is 6.28. The Balaban J connectivity index is 2.44. The fourth-order valence-electron chi connectivity index (χ4n) is 2.10. The molecular formula is C16H13ClO4. The van der Waals surface area contributed by atoms with Crippen molar-refractivity contribution in [2.24, 2.45) is 0 Å². The quantitative estimate of drug-likeness (QED) is 0.833. The third kappa shape index (κ3) is 3.12. The maximum atomic E-state index is 12.5. The number of aliphatic hydroxyl groups excluding tert-OH is 1. The molecule has 0 aliphatic heterocycles. The topological polar surface area (TPSA) is 74.6 Å². The van der Waals surface area contributed by atoms with E-state index in [0.29, 0.717) is 5.56 Å². The summed E-state index contributed by atoms with van der Waals surface area (Å²) < 4.78 is 0. The molecule has 21 heavy (non-hydrogen) atoms. The second-order valence-electron chi connectivity index (χ2n) is 4.48. The van der Waals surface area contributed by atoms with Crippen molar-refractivity contribution >= 4 is 23.4 Å². The molecular weight excluding hydrogens is 292 g/mol. The van der Waals surface area contributed by atoms with Crippen LogP contribution in [0, 0.1) is 0 Å². The number of halogens is 1. The standard InChI is InChI=1S/C16H13ClO4/c17-14-11(7-4-8-12(14)16(20)21)15(19)13(9-18)10-5-2-1-3-6-10/h1-8,13,18H,9H2,(H,20,21). The molecule has 0 aromatic heterocycles. The number of benzene rings is 2. The number of carboxylic acids is 1. The smallest absolute Gasteiger partial charge is 0.337 e. The van der Waals surface area contributed by atoms with Crippen molar-refractivity contribution < 1.29 is 19.8 Å². The number of carbonyl (C=O) groups excluding carboxylic acids is 1. The number of hydrogen-bond donors (Lipinski definition) is 2. The van der Waals surface area contributed by atoms with E-state index in [4.69, 9.17) is 16.7 Å². The van der Waals surface area contributed by atoms with E-state index < -0.39 is 17.7 Å². The zero-order chi connectivity index (χ0) is 15.4. The summed E-state index contributed by atoms with van der Waals surface area (Å²) in [4.78, 5) is 23.6. The molecule has 1 unspecified atom stereocenters. The van der Waals surface area contributed by atoms with Gasteiger partial charge in [0.05, 0.1) is 23.1 Å². The third-order valence-corrected chi connectivity index (χ3v) is 3.60. The van der Waals surface area contributed by atoms with E-state index in [1.54, 1.807) is 30.3 Å². The van der Waals surface area contributed by atoms with Crippen LogP contribution in [0.4, 0.5) is 0 Å². The Morgan fingerprint density at radius 1 is 1.00 bits per heavy atom. The summed E-state index contributed by atoms with van der Waals surface area (Å²) >= 11 is 6.00. The Bertz CT molecular complexity index is 667. The van der Waals surface area contributed by atoms with E-state index in [9.17, 15) is 14.7 Å². The average Bonchev–Trinajstić information content (AvgIpc) is 2.49. The van der Waals surface area contributed by atoms with Crippen molar-refractivity contribution in [3.63, 3.8) is 0 Å². The van der Waals surface area contributed by atoms with E-state index in [0.717, 1.165) is 0 Å². The van der Waals surface area contributed by atoms with E-state index in [1.807, 2.05) is 0 Å². The molecule has 0 saturated carbocycles. The van der Waals surface area contributed by atoms with Crippen LogP contribution in [-0.4, -0.2) is 28.6 Å². The predicted octanol–water partition coefficient (Wildman–Crippen LogP) is 3.00. The molecule has 0 spiro atoms. The lowest BCUT2D eigenvalue weighted by Crippen LogP contribution is -2.18. The molecule has 0 saturated heterocycles.